The van der Waals surface area contributed by atoms with E-state index in [1.807, 2.05) is 30.5 Å². The third-order valence-electron chi connectivity index (χ3n) is 6.01. The second-order valence-corrected chi connectivity index (χ2v) is 8.59. The van der Waals surface area contributed by atoms with Crippen molar-refractivity contribution in [1.82, 2.24) is 19.6 Å². The summed E-state index contributed by atoms with van der Waals surface area (Å²) in [6, 6.07) is 10.0. The topological polar surface area (TPSA) is 106 Å². The van der Waals surface area contributed by atoms with Gasteiger partial charge < -0.3 is 10.8 Å². The summed E-state index contributed by atoms with van der Waals surface area (Å²) in [4.78, 5) is 20.8. The standard InChI is InChI=1S/C22H20BrN5O2/c23-18-19(12-5-7-13(8-6-12)22(29)30)27-21-16(11-26-28(21)20(18)24)15-9-14-3-1-2-4-17(14)25-10-15/h1-4,9-13H,5-8,24H2,(H,29,30). The molecule has 0 unspecified atom stereocenters. The number of halogens is 1. The van der Waals surface area contributed by atoms with Gasteiger partial charge in [-0.2, -0.15) is 9.61 Å². The van der Waals surface area contributed by atoms with Gasteiger partial charge in [0.15, 0.2) is 5.65 Å². The zero-order chi connectivity index (χ0) is 20.8. The lowest BCUT2D eigenvalue weighted by atomic mass is 9.80. The number of pyridine rings is 1. The number of aromatic nitrogens is 4. The highest BCUT2D eigenvalue weighted by Crippen LogP contribution is 2.40. The van der Waals surface area contributed by atoms with Crippen molar-refractivity contribution in [3.8, 4) is 11.1 Å². The summed E-state index contributed by atoms with van der Waals surface area (Å²) in [5.74, 6) is -0.317. The number of nitrogens with zero attached hydrogens (tertiary/aromatic N) is 4. The number of aliphatic carboxylic acids is 1. The predicted molar refractivity (Wildman–Crippen MR) is 118 cm³/mol. The predicted octanol–water partition coefficient (Wildman–Crippen LogP) is 4.65. The molecule has 0 saturated heterocycles. The number of nitrogen functional groups attached to an aromatic ring is 1. The largest absolute Gasteiger partial charge is 0.481 e. The summed E-state index contributed by atoms with van der Waals surface area (Å²) in [7, 11) is 0. The van der Waals surface area contributed by atoms with Crippen molar-refractivity contribution >= 4 is 44.3 Å². The molecule has 0 atom stereocenters. The Morgan fingerprint density at radius 2 is 1.93 bits per heavy atom. The quantitative estimate of drug-likeness (QED) is 0.456. The number of carbonyl (C=O) groups is 1. The van der Waals surface area contributed by atoms with Gasteiger partial charge in [0.25, 0.3) is 0 Å². The Kier molecular flexibility index (Phi) is 4.66. The van der Waals surface area contributed by atoms with Gasteiger partial charge in [0.05, 0.1) is 27.8 Å². The van der Waals surface area contributed by atoms with E-state index in [0.717, 1.165) is 45.0 Å². The molecule has 1 aliphatic rings. The van der Waals surface area contributed by atoms with E-state index >= 15 is 0 Å². The zero-order valence-corrected chi connectivity index (χ0v) is 17.7. The van der Waals surface area contributed by atoms with Gasteiger partial charge in [0.1, 0.15) is 5.82 Å². The van der Waals surface area contributed by atoms with Crippen molar-refractivity contribution in [2.24, 2.45) is 5.92 Å². The van der Waals surface area contributed by atoms with Crippen LogP contribution in [0.5, 0.6) is 0 Å². The Morgan fingerprint density at radius 1 is 1.17 bits per heavy atom. The van der Waals surface area contributed by atoms with E-state index in [9.17, 15) is 9.90 Å². The highest BCUT2D eigenvalue weighted by molar-refractivity contribution is 9.10. The van der Waals surface area contributed by atoms with Gasteiger partial charge in [0, 0.05) is 28.6 Å². The second kappa shape index (κ2) is 7.36. The third kappa shape index (κ3) is 3.11. The molecule has 30 heavy (non-hydrogen) atoms. The van der Waals surface area contributed by atoms with Crippen LogP contribution in [-0.4, -0.2) is 30.7 Å². The summed E-state index contributed by atoms with van der Waals surface area (Å²) in [6.07, 6.45) is 6.46. The Bertz CT molecular complexity index is 1280. The fourth-order valence-corrected chi connectivity index (χ4v) is 4.90. The number of hydrogen-bond acceptors (Lipinski definition) is 5. The SMILES string of the molecule is Nc1c(Br)c(C2CCC(C(=O)O)CC2)nc2c(-c3cnc4ccccc4c3)cnn12. The average Bonchev–Trinajstić information content (AvgIpc) is 3.20. The van der Waals surface area contributed by atoms with E-state index in [0.29, 0.717) is 24.3 Å². The second-order valence-electron chi connectivity index (χ2n) is 7.79. The lowest BCUT2D eigenvalue weighted by Gasteiger charge is -2.26. The lowest BCUT2D eigenvalue weighted by Crippen LogP contribution is -2.21. The number of nitrogens with two attached hydrogens (primary N) is 1. The molecule has 3 N–H and O–H groups in total. The third-order valence-corrected chi connectivity index (χ3v) is 6.83. The van der Waals surface area contributed by atoms with Crippen molar-refractivity contribution in [3.05, 3.63) is 52.9 Å². The maximum absolute atomic E-state index is 11.3. The first-order chi connectivity index (χ1) is 14.5. The lowest BCUT2D eigenvalue weighted by molar-refractivity contribution is -0.142. The summed E-state index contributed by atoms with van der Waals surface area (Å²) in [5.41, 5.74) is 10.7. The minimum absolute atomic E-state index is 0.166. The first kappa shape index (κ1) is 19.0. The minimum Gasteiger partial charge on any atom is -0.481 e. The fourth-order valence-electron chi connectivity index (χ4n) is 4.32. The van der Waals surface area contributed by atoms with Crippen molar-refractivity contribution < 1.29 is 9.90 Å². The first-order valence-electron chi connectivity index (χ1n) is 9.93. The number of benzene rings is 1. The number of fused-ring (bicyclic) bond motifs is 2. The van der Waals surface area contributed by atoms with E-state index in [4.69, 9.17) is 10.7 Å². The van der Waals surface area contributed by atoms with Crippen molar-refractivity contribution in [2.45, 2.75) is 31.6 Å². The summed E-state index contributed by atoms with van der Waals surface area (Å²) < 4.78 is 2.38. The van der Waals surface area contributed by atoms with E-state index in [1.165, 1.54) is 0 Å². The minimum atomic E-state index is -0.711. The molecule has 0 radical (unpaired) electrons. The van der Waals surface area contributed by atoms with E-state index in [-0.39, 0.29) is 11.8 Å². The number of anilines is 1. The van der Waals surface area contributed by atoms with Gasteiger partial charge in [-0.3, -0.25) is 9.78 Å². The molecular weight excluding hydrogens is 446 g/mol. The van der Waals surface area contributed by atoms with E-state index < -0.39 is 5.97 Å². The van der Waals surface area contributed by atoms with Gasteiger partial charge in [-0.05, 0) is 53.7 Å². The molecule has 8 heteroatoms. The molecule has 4 aromatic rings. The molecule has 1 aliphatic carbocycles. The molecule has 3 heterocycles. The van der Waals surface area contributed by atoms with Crippen LogP contribution in [0, 0.1) is 5.92 Å². The molecule has 5 rings (SSSR count). The van der Waals surface area contributed by atoms with Crippen molar-refractivity contribution in [3.63, 3.8) is 0 Å². The molecule has 1 fully saturated rings. The molecule has 0 amide bonds. The van der Waals surface area contributed by atoms with E-state index in [1.54, 1.807) is 10.7 Å². The number of hydrogen-bond donors (Lipinski definition) is 2. The molecule has 3 aromatic heterocycles. The fraction of sp³-hybridized carbons (Fsp3) is 0.273. The van der Waals surface area contributed by atoms with Crippen LogP contribution in [-0.2, 0) is 4.79 Å². The van der Waals surface area contributed by atoms with Crippen LogP contribution < -0.4 is 5.73 Å². The summed E-state index contributed by atoms with van der Waals surface area (Å²) >= 11 is 3.60. The van der Waals surface area contributed by atoms with Crippen molar-refractivity contribution in [2.75, 3.05) is 5.73 Å². The van der Waals surface area contributed by atoms with Crippen LogP contribution in [0.3, 0.4) is 0 Å². The smallest absolute Gasteiger partial charge is 0.306 e. The number of rotatable bonds is 3. The molecule has 0 aliphatic heterocycles. The highest BCUT2D eigenvalue weighted by atomic mass is 79.9. The highest BCUT2D eigenvalue weighted by Gasteiger charge is 2.30. The zero-order valence-electron chi connectivity index (χ0n) is 16.1. The molecule has 0 spiro atoms. The summed E-state index contributed by atoms with van der Waals surface area (Å²) in [5, 5.41) is 14.8. The van der Waals surface area contributed by atoms with Gasteiger partial charge >= 0.3 is 5.97 Å². The molecule has 7 nitrogen and oxygen atoms in total. The first-order valence-corrected chi connectivity index (χ1v) is 10.7. The number of para-hydroxylation sites is 1. The van der Waals surface area contributed by atoms with Gasteiger partial charge in [-0.25, -0.2) is 4.98 Å². The maximum Gasteiger partial charge on any atom is 0.306 e. The number of carboxylic acid groups (broad SMARTS) is 1. The Hall–Kier alpha value is -3.00. The Morgan fingerprint density at radius 3 is 2.70 bits per heavy atom. The number of carboxylic acids is 1. The van der Waals surface area contributed by atoms with Crippen LogP contribution in [0.15, 0.2) is 47.2 Å². The van der Waals surface area contributed by atoms with Crippen LogP contribution in [0.4, 0.5) is 5.82 Å². The van der Waals surface area contributed by atoms with Crippen LogP contribution in [0.25, 0.3) is 27.7 Å². The van der Waals surface area contributed by atoms with E-state index in [2.05, 4.69) is 32.1 Å². The van der Waals surface area contributed by atoms with Crippen molar-refractivity contribution in [1.29, 1.82) is 0 Å². The van der Waals surface area contributed by atoms with Crippen LogP contribution in [0.1, 0.15) is 37.3 Å². The van der Waals surface area contributed by atoms with Gasteiger partial charge in [-0.15, -0.1) is 0 Å². The van der Waals surface area contributed by atoms with Crippen LogP contribution >= 0.6 is 15.9 Å². The average molecular weight is 466 g/mol. The summed E-state index contributed by atoms with van der Waals surface area (Å²) in [6.45, 7) is 0. The molecule has 152 valence electrons. The monoisotopic (exact) mass is 465 g/mol. The normalized spacial score (nSPS) is 19.4. The van der Waals surface area contributed by atoms with Crippen LogP contribution in [0.2, 0.25) is 0 Å². The molecular formula is C22H20BrN5O2. The molecule has 1 aromatic carbocycles. The molecule has 1 saturated carbocycles. The Labute approximate surface area is 181 Å². The molecule has 0 bridgehead atoms. The maximum atomic E-state index is 11.3. The van der Waals surface area contributed by atoms with Gasteiger partial charge in [-0.1, -0.05) is 18.2 Å². The van der Waals surface area contributed by atoms with Gasteiger partial charge in [0.2, 0.25) is 0 Å². The Balaban J connectivity index is 1.59.